The fourth-order valence-corrected chi connectivity index (χ4v) is 4.58. The summed E-state index contributed by atoms with van der Waals surface area (Å²) in [4.78, 5) is 19.6. The highest BCUT2D eigenvalue weighted by Gasteiger charge is 2.26. The van der Waals surface area contributed by atoms with Gasteiger partial charge in [-0.05, 0) is 19.4 Å². The molecule has 130 valence electrons. The van der Waals surface area contributed by atoms with Gasteiger partial charge in [0.2, 0.25) is 0 Å². The first-order valence-corrected chi connectivity index (χ1v) is 9.53. The number of morpholine rings is 1. The van der Waals surface area contributed by atoms with Gasteiger partial charge in [0.15, 0.2) is 4.96 Å². The van der Waals surface area contributed by atoms with E-state index in [0.717, 1.165) is 41.5 Å². The minimum atomic E-state index is -0.00569. The molecule has 0 amide bonds. The van der Waals surface area contributed by atoms with Crippen molar-refractivity contribution in [3.8, 4) is 11.3 Å². The molecule has 0 radical (unpaired) electrons. The van der Waals surface area contributed by atoms with Gasteiger partial charge in [0.05, 0.1) is 5.69 Å². The second kappa shape index (κ2) is 6.71. The van der Waals surface area contributed by atoms with E-state index in [1.807, 2.05) is 35.7 Å². The monoisotopic (exact) mass is 356 g/mol. The molecule has 25 heavy (non-hydrogen) atoms. The molecule has 5 nitrogen and oxygen atoms in total. The normalized spacial score (nSPS) is 23.8. The van der Waals surface area contributed by atoms with Gasteiger partial charge in [0.1, 0.15) is 37.5 Å². The molecule has 6 heteroatoms. The third-order valence-electron chi connectivity index (χ3n) is 4.58. The molecule has 1 aromatic carbocycles. The fraction of sp³-hybridized carbons (Fsp3) is 0.368. The molecule has 3 heterocycles. The summed E-state index contributed by atoms with van der Waals surface area (Å²) in [6.07, 6.45) is 0.491. The lowest BCUT2D eigenvalue weighted by molar-refractivity contribution is -0.928. The molecule has 2 atom stereocenters. The number of hydrogen-bond donors (Lipinski definition) is 1. The largest absolute Gasteiger partial charge is 0.364 e. The average Bonchev–Trinajstić information content (AvgIpc) is 2.99. The Bertz CT molecular complexity index is 925. The van der Waals surface area contributed by atoms with Crippen molar-refractivity contribution in [2.24, 2.45) is 0 Å². The summed E-state index contributed by atoms with van der Waals surface area (Å²) in [5, 5.41) is 2.01. The molecule has 2 aromatic heterocycles. The number of fused-ring (bicyclic) bond motifs is 1. The summed E-state index contributed by atoms with van der Waals surface area (Å²) in [7, 11) is 0. The van der Waals surface area contributed by atoms with Crippen LogP contribution in [-0.4, -0.2) is 34.7 Å². The van der Waals surface area contributed by atoms with Crippen LogP contribution in [0.25, 0.3) is 16.2 Å². The number of quaternary nitrogens is 1. The van der Waals surface area contributed by atoms with E-state index >= 15 is 0 Å². The average molecular weight is 356 g/mol. The van der Waals surface area contributed by atoms with Crippen molar-refractivity contribution in [3.05, 3.63) is 57.8 Å². The van der Waals surface area contributed by atoms with Gasteiger partial charge in [-0.1, -0.05) is 30.3 Å². The Balaban J connectivity index is 1.66. The predicted octanol–water partition coefficient (Wildman–Crippen LogP) is 1.62. The Labute approximate surface area is 150 Å². The number of nitrogens with one attached hydrogen (secondary N) is 1. The van der Waals surface area contributed by atoms with Gasteiger partial charge in [-0.25, -0.2) is 4.98 Å². The van der Waals surface area contributed by atoms with Crippen LogP contribution in [0.1, 0.15) is 19.5 Å². The van der Waals surface area contributed by atoms with Crippen molar-refractivity contribution in [2.75, 3.05) is 13.1 Å². The van der Waals surface area contributed by atoms with E-state index in [-0.39, 0.29) is 17.8 Å². The van der Waals surface area contributed by atoms with Gasteiger partial charge in [0.25, 0.3) is 5.56 Å². The maximum Gasteiger partial charge on any atom is 0.259 e. The molecule has 3 aromatic rings. The molecule has 0 saturated carbocycles. The molecular formula is C19H22N3O2S+. The van der Waals surface area contributed by atoms with Crippen LogP contribution in [0, 0.1) is 0 Å². The Hall–Kier alpha value is -2.02. The third kappa shape index (κ3) is 3.38. The van der Waals surface area contributed by atoms with E-state index < -0.39 is 0 Å². The second-order valence-electron chi connectivity index (χ2n) is 6.78. The van der Waals surface area contributed by atoms with Crippen LogP contribution >= 0.6 is 11.3 Å². The van der Waals surface area contributed by atoms with Crippen LogP contribution in [0.4, 0.5) is 0 Å². The minimum absolute atomic E-state index is 0.00569. The Kier molecular flexibility index (Phi) is 4.41. The molecule has 1 saturated heterocycles. The zero-order valence-electron chi connectivity index (χ0n) is 14.4. The van der Waals surface area contributed by atoms with Gasteiger partial charge in [0, 0.05) is 11.4 Å². The summed E-state index contributed by atoms with van der Waals surface area (Å²) in [6, 6.07) is 11.7. The van der Waals surface area contributed by atoms with E-state index in [1.165, 1.54) is 16.2 Å². The van der Waals surface area contributed by atoms with Crippen molar-refractivity contribution in [2.45, 2.75) is 32.6 Å². The predicted molar refractivity (Wildman–Crippen MR) is 99.2 cm³/mol. The van der Waals surface area contributed by atoms with Crippen molar-refractivity contribution >= 4 is 16.3 Å². The Morgan fingerprint density at radius 1 is 1.24 bits per heavy atom. The van der Waals surface area contributed by atoms with Gasteiger partial charge in [-0.2, -0.15) is 0 Å². The van der Waals surface area contributed by atoms with E-state index in [0.29, 0.717) is 0 Å². The molecule has 0 bridgehead atoms. The minimum Gasteiger partial charge on any atom is -0.364 e. The number of ether oxygens (including phenoxy) is 1. The maximum absolute atomic E-state index is 12.7. The summed E-state index contributed by atoms with van der Waals surface area (Å²) in [6.45, 7) is 6.87. The molecule has 1 aliphatic heterocycles. The van der Waals surface area contributed by atoms with Crippen molar-refractivity contribution in [1.82, 2.24) is 9.38 Å². The van der Waals surface area contributed by atoms with E-state index in [2.05, 4.69) is 13.8 Å². The molecule has 4 rings (SSSR count). The van der Waals surface area contributed by atoms with E-state index in [1.54, 1.807) is 10.5 Å². The molecule has 0 aliphatic carbocycles. The van der Waals surface area contributed by atoms with Gasteiger partial charge in [-0.15, -0.1) is 11.3 Å². The standard InChI is InChI=1S/C19H21N3O2S/c1-13-9-21(10-14(2)24-13)11-16-8-18(23)22-17(12-25-19(22)20-16)15-6-4-3-5-7-15/h3-8,12-14H,9-11H2,1-2H3/p+1/t13-,14-/m1/s1. The van der Waals surface area contributed by atoms with Crippen LogP contribution in [0.3, 0.4) is 0 Å². The summed E-state index contributed by atoms with van der Waals surface area (Å²) < 4.78 is 7.51. The zero-order chi connectivity index (χ0) is 17.4. The lowest BCUT2D eigenvalue weighted by atomic mass is 10.2. The number of aromatic nitrogens is 2. The highest BCUT2D eigenvalue weighted by Crippen LogP contribution is 2.23. The number of rotatable bonds is 3. The highest BCUT2D eigenvalue weighted by atomic mass is 32.1. The Morgan fingerprint density at radius 3 is 2.68 bits per heavy atom. The van der Waals surface area contributed by atoms with Crippen molar-refractivity contribution in [1.29, 1.82) is 0 Å². The second-order valence-corrected chi connectivity index (χ2v) is 7.62. The van der Waals surface area contributed by atoms with Crippen molar-refractivity contribution in [3.63, 3.8) is 0 Å². The third-order valence-corrected chi connectivity index (χ3v) is 5.40. The summed E-state index contributed by atoms with van der Waals surface area (Å²) >= 11 is 1.52. The fourth-order valence-electron chi connectivity index (χ4n) is 3.65. The molecule has 0 spiro atoms. The van der Waals surface area contributed by atoms with Gasteiger partial charge < -0.3 is 9.64 Å². The number of benzene rings is 1. The van der Waals surface area contributed by atoms with Crippen LogP contribution in [0.5, 0.6) is 0 Å². The SMILES string of the molecule is C[C@@H]1C[NH+](Cc2cc(=O)n3c(-c4ccccc4)csc3n2)C[C@@H](C)O1. The highest BCUT2D eigenvalue weighted by molar-refractivity contribution is 7.15. The molecule has 1 N–H and O–H groups in total. The first-order valence-electron chi connectivity index (χ1n) is 8.65. The van der Waals surface area contributed by atoms with Crippen LogP contribution in [0.2, 0.25) is 0 Å². The summed E-state index contributed by atoms with van der Waals surface area (Å²) in [5.74, 6) is 0. The number of thiazole rings is 1. The van der Waals surface area contributed by atoms with Gasteiger partial charge in [-0.3, -0.25) is 9.20 Å². The molecule has 0 unspecified atom stereocenters. The first-order chi connectivity index (χ1) is 12.1. The summed E-state index contributed by atoms with van der Waals surface area (Å²) in [5.41, 5.74) is 2.80. The lowest BCUT2D eigenvalue weighted by Gasteiger charge is -2.32. The smallest absolute Gasteiger partial charge is 0.259 e. The number of nitrogens with zero attached hydrogens (tertiary/aromatic N) is 2. The lowest BCUT2D eigenvalue weighted by Crippen LogP contribution is -3.14. The van der Waals surface area contributed by atoms with Crippen LogP contribution < -0.4 is 10.5 Å². The van der Waals surface area contributed by atoms with Gasteiger partial charge >= 0.3 is 0 Å². The topological polar surface area (TPSA) is 48.0 Å². The Morgan fingerprint density at radius 2 is 1.96 bits per heavy atom. The van der Waals surface area contributed by atoms with Crippen LogP contribution in [-0.2, 0) is 11.3 Å². The number of hydrogen-bond acceptors (Lipinski definition) is 4. The maximum atomic E-state index is 12.7. The zero-order valence-corrected chi connectivity index (χ0v) is 15.3. The van der Waals surface area contributed by atoms with Crippen LogP contribution in [0.15, 0.2) is 46.6 Å². The quantitative estimate of drug-likeness (QED) is 0.776. The molecular weight excluding hydrogens is 334 g/mol. The molecule has 1 aliphatic rings. The first kappa shape index (κ1) is 16.4. The van der Waals surface area contributed by atoms with E-state index in [4.69, 9.17) is 9.72 Å². The van der Waals surface area contributed by atoms with E-state index in [9.17, 15) is 4.79 Å². The molecule has 1 fully saturated rings. The van der Waals surface area contributed by atoms with Crippen molar-refractivity contribution < 1.29 is 9.64 Å².